The Kier molecular flexibility index (Phi) is 5.02. The molecule has 0 aromatic heterocycles. The number of amides is 2. The van der Waals surface area contributed by atoms with E-state index in [1.807, 2.05) is 5.92 Å². The van der Waals surface area contributed by atoms with Crippen LogP contribution in [0.25, 0.3) is 0 Å². The van der Waals surface area contributed by atoms with Crippen molar-refractivity contribution in [3.05, 3.63) is 58.4 Å². The predicted molar refractivity (Wildman–Crippen MR) is 118 cm³/mol. The molecule has 33 heavy (non-hydrogen) atoms. The molecular formula is C23H17F4N3O2S. The lowest BCUT2D eigenvalue weighted by atomic mass is 10.0. The van der Waals surface area contributed by atoms with Crippen molar-refractivity contribution < 1.29 is 27.2 Å². The second kappa shape index (κ2) is 7.28. The van der Waals surface area contributed by atoms with Crippen LogP contribution >= 0.6 is 12.2 Å². The average Bonchev–Trinajstić information content (AvgIpc) is 3.09. The maximum Gasteiger partial charge on any atom is 0.417 e. The monoisotopic (exact) mass is 475 g/mol. The second-order valence-corrected chi connectivity index (χ2v) is 8.68. The number of carbonyl (C=O) groups excluding carboxylic acids is 2. The molecule has 4 rings (SSSR count). The maximum atomic E-state index is 15.1. The maximum absolute atomic E-state index is 15.1. The van der Waals surface area contributed by atoms with Gasteiger partial charge in [-0.3, -0.25) is 14.5 Å². The Balaban J connectivity index is 1.84. The fourth-order valence-electron chi connectivity index (χ4n) is 4.10. The summed E-state index contributed by atoms with van der Waals surface area (Å²) in [7, 11) is 1.58. The molecule has 0 aliphatic carbocycles. The smallest absolute Gasteiger partial charge is 0.337 e. The molecule has 1 saturated heterocycles. The molecule has 2 aliphatic heterocycles. The normalized spacial score (nSPS) is 17.6. The van der Waals surface area contributed by atoms with Crippen LogP contribution in [-0.2, 0) is 17.5 Å². The van der Waals surface area contributed by atoms with E-state index in [0.717, 1.165) is 17.0 Å². The van der Waals surface area contributed by atoms with Gasteiger partial charge in [0.15, 0.2) is 5.11 Å². The molecule has 0 spiro atoms. The molecule has 2 amide bonds. The number of anilines is 2. The number of nitrogens with zero attached hydrogens (tertiary/aromatic N) is 3. The molecule has 10 heteroatoms. The van der Waals surface area contributed by atoms with Gasteiger partial charge in [0.2, 0.25) is 0 Å². The van der Waals surface area contributed by atoms with E-state index in [2.05, 4.69) is 0 Å². The Morgan fingerprint density at radius 2 is 1.82 bits per heavy atom. The van der Waals surface area contributed by atoms with E-state index < -0.39 is 29.0 Å². The number of terminal acetylenes is 1. The lowest BCUT2D eigenvalue weighted by Gasteiger charge is -2.30. The Bertz CT molecular complexity index is 1280. The highest BCUT2D eigenvalue weighted by atomic mass is 32.1. The van der Waals surface area contributed by atoms with Gasteiger partial charge in [-0.05, 0) is 62.0 Å². The Morgan fingerprint density at radius 1 is 1.15 bits per heavy atom. The Labute approximate surface area is 192 Å². The number of hydrogen-bond donors (Lipinski definition) is 0. The van der Waals surface area contributed by atoms with E-state index in [1.165, 1.54) is 41.8 Å². The molecule has 170 valence electrons. The van der Waals surface area contributed by atoms with Crippen LogP contribution < -0.4 is 9.80 Å². The summed E-state index contributed by atoms with van der Waals surface area (Å²) < 4.78 is 55.6. The van der Waals surface area contributed by atoms with Gasteiger partial charge in [0.1, 0.15) is 11.4 Å². The number of halogens is 4. The Morgan fingerprint density at radius 3 is 2.42 bits per heavy atom. The van der Waals surface area contributed by atoms with Crippen molar-refractivity contribution in [1.29, 1.82) is 0 Å². The highest BCUT2D eigenvalue weighted by Gasteiger charge is 2.51. The minimum absolute atomic E-state index is 0.112. The van der Waals surface area contributed by atoms with Crippen LogP contribution in [0.2, 0.25) is 0 Å². The van der Waals surface area contributed by atoms with Crippen molar-refractivity contribution in [3.8, 4) is 12.3 Å². The van der Waals surface area contributed by atoms with Crippen molar-refractivity contribution in [1.82, 2.24) is 4.90 Å². The van der Waals surface area contributed by atoms with Crippen LogP contribution in [0.15, 0.2) is 30.3 Å². The topological polar surface area (TPSA) is 43.9 Å². The zero-order chi connectivity index (χ0) is 24.5. The zero-order valence-electron chi connectivity index (χ0n) is 17.7. The number of thiocarbonyl (C=S) groups is 1. The van der Waals surface area contributed by atoms with E-state index in [4.69, 9.17) is 18.6 Å². The third kappa shape index (κ3) is 3.35. The number of fused-ring (bicyclic) bond motifs is 1. The zero-order valence-corrected chi connectivity index (χ0v) is 18.6. The fraction of sp³-hybridized carbons (Fsp3) is 0.261. The molecule has 5 nitrogen and oxygen atoms in total. The summed E-state index contributed by atoms with van der Waals surface area (Å²) >= 11 is 5.44. The lowest BCUT2D eigenvalue weighted by Crippen LogP contribution is -2.44. The first-order valence-electron chi connectivity index (χ1n) is 9.73. The summed E-state index contributed by atoms with van der Waals surface area (Å²) in [6.07, 6.45) is 0.437. The third-order valence-electron chi connectivity index (χ3n) is 5.79. The van der Waals surface area contributed by atoms with Crippen LogP contribution in [0.3, 0.4) is 0 Å². The molecule has 1 fully saturated rings. The number of rotatable bonds is 2. The van der Waals surface area contributed by atoms with Crippen molar-refractivity contribution >= 4 is 40.5 Å². The molecule has 0 unspecified atom stereocenters. The predicted octanol–water partition coefficient (Wildman–Crippen LogP) is 4.33. The molecule has 2 aliphatic rings. The summed E-state index contributed by atoms with van der Waals surface area (Å²) in [5.41, 5.74) is -2.41. The molecule has 2 aromatic rings. The summed E-state index contributed by atoms with van der Waals surface area (Å²) in [6.45, 7) is 3.19. The minimum atomic E-state index is -4.75. The first-order valence-corrected chi connectivity index (χ1v) is 10.1. The first kappa shape index (κ1) is 22.7. The van der Waals surface area contributed by atoms with Crippen LogP contribution in [0, 0.1) is 18.2 Å². The number of benzene rings is 2. The number of alkyl halides is 3. The van der Waals surface area contributed by atoms with Gasteiger partial charge in [0, 0.05) is 24.7 Å². The highest BCUT2D eigenvalue weighted by molar-refractivity contribution is 7.81. The van der Waals surface area contributed by atoms with E-state index in [0.29, 0.717) is 5.56 Å². The standard InChI is InChI=1S/C23H17F4N3O2S/c1-5-12-6-7-14(9-16(12)23(25,26)27)29-20(32)22(2,3)30(21(29)33)18-10-15-13(8-17(18)24)11-28(4)19(15)31/h1,6-10H,11H2,2-4H3. The molecule has 0 saturated carbocycles. The molecule has 0 radical (unpaired) electrons. The van der Waals surface area contributed by atoms with Gasteiger partial charge in [-0.2, -0.15) is 13.2 Å². The van der Waals surface area contributed by atoms with Crippen molar-refractivity contribution in [2.45, 2.75) is 32.1 Å². The van der Waals surface area contributed by atoms with Gasteiger partial charge in [-0.1, -0.05) is 5.92 Å². The molecule has 0 bridgehead atoms. The van der Waals surface area contributed by atoms with Gasteiger partial charge < -0.3 is 9.80 Å². The highest BCUT2D eigenvalue weighted by Crippen LogP contribution is 2.41. The van der Waals surface area contributed by atoms with Gasteiger partial charge >= 0.3 is 6.18 Å². The van der Waals surface area contributed by atoms with E-state index in [9.17, 15) is 22.8 Å². The molecule has 0 atom stereocenters. The lowest BCUT2D eigenvalue weighted by molar-refractivity contribution is -0.137. The van der Waals surface area contributed by atoms with Crippen molar-refractivity contribution in [3.63, 3.8) is 0 Å². The Hall–Kier alpha value is -3.45. The molecule has 0 N–H and O–H groups in total. The van der Waals surface area contributed by atoms with Gasteiger partial charge in [-0.15, -0.1) is 6.42 Å². The van der Waals surface area contributed by atoms with Gasteiger partial charge in [0.05, 0.1) is 16.9 Å². The number of carbonyl (C=O) groups is 2. The van der Waals surface area contributed by atoms with E-state index in [1.54, 1.807) is 7.05 Å². The molecular weight excluding hydrogens is 458 g/mol. The van der Waals surface area contributed by atoms with E-state index >= 15 is 4.39 Å². The van der Waals surface area contributed by atoms with Crippen LogP contribution in [-0.4, -0.2) is 34.4 Å². The van der Waals surface area contributed by atoms with Gasteiger partial charge in [0.25, 0.3) is 11.8 Å². The number of hydrogen-bond acceptors (Lipinski definition) is 3. The van der Waals surface area contributed by atoms with Crippen LogP contribution in [0.5, 0.6) is 0 Å². The first-order chi connectivity index (χ1) is 15.3. The molecule has 2 heterocycles. The minimum Gasteiger partial charge on any atom is -0.337 e. The van der Waals surface area contributed by atoms with E-state index in [-0.39, 0.29) is 40.1 Å². The summed E-state index contributed by atoms with van der Waals surface area (Å²) in [6, 6.07) is 5.61. The second-order valence-electron chi connectivity index (χ2n) is 8.31. The van der Waals surface area contributed by atoms with Crippen LogP contribution in [0.1, 0.15) is 40.9 Å². The summed E-state index contributed by atoms with van der Waals surface area (Å²) in [5.74, 6) is 0.309. The quantitative estimate of drug-likeness (QED) is 0.369. The molecule has 2 aromatic carbocycles. The van der Waals surface area contributed by atoms with Crippen LogP contribution in [0.4, 0.5) is 28.9 Å². The average molecular weight is 475 g/mol. The van der Waals surface area contributed by atoms with Crippen molar-refractivity contribution in [2.75, 3.05) is 16.8 Å². The summed E-state index contributed by atoms with van der Waals surface area (Å²) in [4.78, 5) is 29.2. The largest absolute Gasteiger partial charge is 0.417 e. The fourth-order valence-corrected chi connectivity index (χ4v) is 4.61. The van der Waals surface area contributed by atoms with Crippen molar-refractivity contribution in [2.24, 2.45) is 0 Å². The third-order valence-corrected chi connectivity index (χ3v) is 6.15. The SMILES string of the molecule is C#Cc1ccc(N2C(=O)C(C)(C)N(c3cc4c(cc3F)CN(C)C4=O)C2=S)cc1C(F)(F)F. The van der Waals surface area contributed by atoms with Gasteiger partial charge in [-0.25, -0.2) is 4.39 Å². The summed E-state index contributed by atoms with van der Waals surface area (Å²) in [5, 5.41) is -0.218.